The first-order chi connectivity index (χ1) is 8.22. The van der Waals surface area contributed by atoms with E-state index in [4.69, 9.17) is 10.4 Å². The Morgan fingerprint density at radius 1 is 1.12 bits per heavy atom. The van der Waals surface area contributed by atoms with Crippen molar-refractivity contribution in [2.45, 2.75) is 6.61 Å². The Kier molecular flexibility index (Phi) is 3.17. The van der Waals surface area contributed by atoms with Crippen LogP contribution in [0.25, 0.3) is 11.1 Å². The van der Waals surface area contributed by atoms with Crippen LogP contribution in [0.5, 0.6) is 0 Å². The number of benzene rings is 2. The lowest BCUT2D eigenvalue weighted by Crippen LogP contribution is -1.87. The fourth-order valence-electron chi connectivity index (χ4n) is 1.67. The number of hydrogen-bond acceptors (Lipinski definition) is 2. The van der Waals surface area contributed by atoms with Crippen molar-refractivity contribution >= 4 is 0 Å². The third-order valence-corrected chi connectivity index (χ3v) is 2.47. The van der Waals surface area contributed by atoms with Gasteiger partial charge in [-0.15, -0.1) is 0 Å². The summed E-state index contributed by atoms with van der Waals surface area (Å²) >= 11 is 0. The average molecular weight is 227 g/mol. The van der Waals surface area contributed by atoms with E-state index in [1.54, 1.807) is 24.3 Å². The van der Waals surface area contributed by atoms with Gasteiger partial charge in [0.15, 0.2) is 0 Å². The monoisotopic (exact) mass is 227 g/mol. The predicted molar refractivity (Wildman–Crippen MR) is 62.5 cm³/mol. The van der Waals surface area contributed by atoms with Gasteiger partial charge in [-0.05, 0) is 41.0 Å². The molecule has 3 heteroatoms. The molecule has 0 aliphatic carbocycles. The predicted octanol–water partition coefficient (Wildman–Crippen LogP) is 2.86. The summed E-state index contributed by atoms with van der Waals surface area (Å²) in [6.07, 6.45) is 0. The van der Waals surface area contributed by atoms with Crippen molar-refractivity contribution < 1.29 is 9.50 Å². The second kappa shape index (κ2) is 4.77. The molecule has 0 spiro atoms. The first kappa shape index (κ1) is 11.3. The largest absolute Gasteiger partial charge is 0.392 e. The van der Waals surface area contributed by atoms with Crippen molar-refractivity contribution in [3.05, 3.63) is 59.4 Å². The van der Waals surface area contributed by atoms with Gasteiger partial charge in [0.25, 0.3) is 0 Å². The summed E-state index contributed by atoms with van der Waals surface area (Å²) in [7, 11) is 0. The fraction of sp³-hybridized carbons (Fsp3) is 0.0714. The van der Waals surface area contributed by atoms with Crippen molar-refractivity contribution in [3.63, 3.8) is 0 Å². The van der Waals surface area contributed by atoms with Crippen molar-refractivity contribution in [1.82, 2.24) is 0 Å². The highest BCUT2D eigenvalue weighted by Crippen LogP contribution is 2.22. The molecule has 0 fully saturated rings. The molecule has 1 N–H and O–H groups in total. The van der Waals surface area contributed by atoms with Crippen LogP contribution >= 0.6 is 0 Å². The Labute approximate surface area is 98.6 Å². The minimum absolute atomic E-state index is 0.0612. The van der Waals surface area contributed by atoms with E-state index in [0.29, 0.717) is 5.56 Å². The maximum absolute atomic E-state index is 13.3. The molecule has 0 aliphatic rings. The minimum atomic E-state index is -0.437. The fourth-order valence-corrected chi connectivity index (χ4v) is 1.67. The molecule has 2 aromatic carbocycles. The van der Waals surface area contributed by atoms with Crippen LogP contribution in [0.4, 0.5) is 4.39 Å². The maximum atomic E-state index is 13.3. The van der Waals surface area contributed by atoms with Gasteiger partial charge < -0.3 is 5.11 Å². The summed E-state index contributed by atoms with van der Waals surface area (Å²) in [5.74, 6) is -0.437. The van der Waals surface area contributed by atoms with Crippen LogP contribution in [0.3, 0.4) is 0 Å². The van der Waals surface area contributed by atoms with E-state index in [0.717, 1.165) is 11.1 Å². The number of hydrogen-bond donors (Lipinski definition) is 1. The second-order valence-electron chi connectivity index (χ2n) is 3.70. The normalized spacial score (nSPS) is 9.94. The standard InChI is InChI=1S/C14H10FNO/c15-14-6-11(8-16)5-13(7-14)12-3-1-2-10(4-12)9-17/h1-7,17H,9H2. The zero-order valence-electron chi connectivity index (χ0n) is 9.02. The van der Waals surface area contributed by atoms with Gasteiger partial charge in [0.05, 0.1) is 18.2 Å². The molecule has 0 amide bonds. The third kappa shape index (κ3) is 2.49. The number of aliphatic hydroxyl groups is 1. The van der Waals surface area contributed by atoms with Crippen LogP contribution in [-0.2, 0) is 6.61 Å². The molecular weight excluding hydrogens is 217 g/mol. The van der Waals surface area contributed by atoms with Gasteiger partial charge in [0.1, 0.15) is 5.82 Å². The second-order valence-corrected chi connectivity index (χ2v) is 3.70. The summed E-state index contributed by atoms with van der Waals surface area (Å²) in [5.41, 5.74) is 2.46. The molecule has 2 rings (SSSR count). The first-order valence-electron chi connectivity index (χ1n) is 5.14. The number of nitriles is 1. The van der Waals surface area contributed by atoms with Gasteiger partial charge in [-0.3, -0.25) is 0 Å². The molecular formula is C14H10FNO. The van der Waals surface area contributed by atoms with Crippen LogP contribution < -0.4 is 0 Å². The van der Waals surface area contributed by atoms with Crippen molar-refractivity contribution in [2.24, 2.45) is 0 Å². The molecule has 0 unspecified atom stereocenters. The molecule has 0 aliphatic heterocycles. The molecule has 0 aromatic heterocycles. The first-order valence-corrected chi connectivity index (χ1v) is 5.14. The molecule has 0 saturated heterocycles. The van der Waals surface area contributed by atoms with Crippen LogP contribution in [0.15, 0.2) is 42.5 Å². The Morgan fingerprint density at radius 2 is 1.94 bits per heavy atom. The van der Waals surface area contributed by atoms with E-state index in [2.05, 4.69) is 0 Å². The topological polar surface area (TPSA) is 44.0 Å². The van der Waals surface area contributed by atoms with Crippen LogP contribution in [0.2, 0.25) is 0 Å². The van der Waals surface area contributed by atoms with Crippen molar-refractivity contribution in [3.8, 4) is 17.2 Å². The lowest BCUT2D eigenvalue weighted by atomic mass is 10.0. The van der Waals surface area contributed by atoms with Gasteiger partial charge in [-0.2, -0.15) is 5.26 Å². The number of nitrogens with zero attached hydrogens (tertiary/aromatic N) is 1. The van der Waals surface area contributed by atoms with E-state index in [1.807, 2.05) is 12.1 Å². The van der Waals surface area contributed by atoms with Crippen LogP contribution in [0.1, 0.15) is 11.1 Å². The Balaban J connectivity index is 2.52. The lowest BCUT2D eigenvalue weighted by Gasteiger charge is -2.04. The highest BCUT2D eigenvalue weighted by atomic mass is 19.1. The smallest absolute Gasteiger partial charge is 0.125 e. The van der Waals surface area contributed by atoms with Gasteiger partial charge in [-0.1, -0.05) is 18.2 Å². The van der Waals surface area contributed by atoms with Gasteiger partial charge in [0, 0.05) is 0 Å². The summed E-state index contributed by atoms with van der Waals surface area (Å²) in [6, 6.07) is 13.3. The number of halogens is 1. The highest BCUT2D eigenvalue weighted by Gasteiger charge is 2.03. The van der Waals surface area contributed by atoms with Crippen molar-refractivity contribution in [1.29, 1.82) is 5.26 Å². The summed E-state index contributed by atoms with van der Waals surface area (Å²) < 4.78 is 13.3. The summed E-state index contributed by atoms with van der Waals surface area (Å²) in [4.78, 5) is 0. The summed E-state index contributed by atoms with van der Waals surface area (Å²) in [6.45, 7) is -0.0612. The van der Waals surface area contributed by atoms with E-state index in [1.165, 1.54) is 12.1 Å². The van der Waals surface area contributed by atoms with Gasteiger partial charge >= 0.3 is 0 Å². The molecule has 0 radical (unpaired) electrons. The van der Waals surface area contributed by atoms with E-state index >= 15 is 0 Å². The molecule has 0 saturated carbocycles. The zero-order valence-corrected chi connectivity index (χ0v) is 9.02. The minimum Gasteiger partial charge on any atom is -0.392 e. The maximum Gasteiger partial charge on any atom is 0.125 e. The average Bonchev–Trinajstić information content (AvgIpc) is 2.38. The molecule has 2 aromatic rings. The Bertz CT molecular complexity index is 587. The number of aliphatic hydroxyl groups excluding tert-OH is 1. The molecule has 0 atom stereocenters. The summed E-state index contributed by atoms with van der Waals surface area (Å²) in [5, 5.41) is 17.8. The SMILES string of the molecule is N#Cc1cc(F)cc(-c2cccc(CO)c2)c1. The zero-order chi connectivity index (χ0) is 12.3. The quantitative estimate of drug-likeness (QED) is 0.857. The number of rotatable bonds is 2. The van der Waals surface area contributed by atoms with Gasteiger partial charge in [0.2, 0.25) is 0 Å². The van der Waals surface area contributed by atoms with Gasteiger partial charge in [-0.25, -0.2) is 4.39 Å². The molecule has 2 nitrogen and oxygen atoms in total. The molecule has 84 valence electrons. The van der Waals surface area contributed by atoms with Crippen LogP contribution in [-0.4, -0.2) is 5.11 Å². The van der Waals surface area contributed by atoms with E-state index in [9.17, 15) is 4.39 Å². The Hall–Kier alpha value is -2.18. The lowest BCUT2D eigenvalue weighted by molar-refractivity contribution is 0.282. The van der Waals surface area contributed by atoms with E-state index < -0.39 is 5.82 Å². The third-order valence-electron chi connectivity index (χ3n) is 2.47. The van der Waals surface area contributed by atoms with Crippen LogP contribution in [0, 0.1) is 17.1 Å². The van der Waals surface area contributed by atoms with E-state index in [-0.39, 0.29) is 12.2 Å². The van der Waals surface area contributed by atoms with Crippen molar-refractivity contribution in [2.75, 3.05) is 0 Å². The molecule has 0 heterocycles. The molecule has 0 bridgehead atoms. The Morgan fingerprint density at radius 3 is 2.65 bits per heavy atom. The highest BCUT2D eigenvalue weighted by molar-refractivity contribution is 5.66. The molecule has 17 heavy (non-hydrogen) atoms.